The lowest BCUT2D eigenvalue weighted by molar-refractivity contribution is 0.112. The molecule has 2 aromatic carbocycles. The molecular formula is C16H14O3. The largest absolute Gasteiger partial charge is 0.507 e. The summed E-state index contributed by atoms with van der Waals surface area (Å²) in [6, 6.07) is 11.0. The summed E-state index contributed by atoms with van der Waals surface area (Å²) in [6.45, 7) is 1.66. The third-order valence-corrected chi connectivity index (χ3v) is 2.92. The van der Waals surface area contributed by atoms with Gasteiger partial charge >= 0.3 is 0 Å². The van der Waals surface area contributed by atoms with Crippen molar-refractivity contribution in [1.29, 1.82) is 0 Å². The van der Waals surface area contributed by atoms with E-state index in [-0.39, 0.29) is 22.6 Å². The maximum Gasteiger partial charge on any atom is 0.154 e. The smallest absolute Gasteiger partial charge is 0.154 e. The first-order valence-electron chi connectivity index (χ1n) is 5.87. The summed E-state index contributed by atoms with van der Waals surface area (Å²) in [7, 11) is 0. The summed E-state index contributed by atoms with van der Waals surface area (Å²) in [5, 5.41) is 19.8. The Morgan fingerprint density at radius 2 is 1.68 bits per heavy atom. The topological polar surface area (TPSA) is 57.5 Å². The SMILES string of the molecule is Cc1cc(O)c(C=Cc2ccccc2)c(O)c1C=O. The van der Waals surface area contributed by atoms with Gasteiger partial charge in [-0.05, 0) is 30.2 Å². The summed E-state index contributed by atoms with van der Waals surface area (Å²) < 4.78 is 0. The third-order valence-electron chi connectivity index (χ3n) is 2.92. The fraction of sp³-hybridized carbons (Fsp3) is 0.0625. The predicted molar refractivity (Wildman–Crippen MR) is 75.3 cm³/mol. The van der Waals surface area contributed by atoms with Crippen LogP contribution in [0.5, 0.6) is 11.5 Å². The lowest BCUT2D eigenvalue weighted by Crippen LogP contribution is -1.90. The van der Waals surface area contributed by atoms with Crippen LogP contribution in [0.25, 0.3) is 12.2 Å². The molecule has 0 fully saturated rings. The molecule has 0 bridgehead atoms. The van der Waals surface area contributed by atoms with Gasteiger partial charge in [0.15, 0.2) is 6.29 Å². The Hall–Kier alpha value is -2.55. The zero-order chi connectivity index (χ0) is 13.8. The Bertz CT molecular complexity index is 628. The second kappa shape index (κ2) is 5.40. The molecule has 0 atom stereocenters. The van der Waals surface area contributed by atoms with Crippen molar-refractivity contribution >= 4 is 18.4 Å². The van der Waals surface area contributed by atoms with Crippen LogP contribution in [0.2, 0.25) is 0 Å². The van der Waals surface area contributed by atoms with Gasteiger partial charge in [0.1, 0.15) is 11.5 Å². The highest BCUT2D eigenvalue weighted by Crippen LogP contribution is 2.33. The molecule has 2 N–H and O–H groups in total. The molecule has 0 radical (unpaired) electrons. The molecule has 0 unspecified atom stereocenters. The van der Waals surface area contributed by atoms with E-state index in [4.69, 9.17) is 0 Å². The predicted octanol–water partition coefficient (Wildman–Crippen LogP) is 3.39. The van der Waals surface area contributed by atoms with E-state index in [9.17, 15) is 15.0 Å². The monoisotopic (exact) mass is 254 g/mol. The Kier molecular flexibility index (Phi) is 3.66. The first-order valence-corrected chi connectivity index (χ1v) is 5.87. The van der Waals surface area contributed by atoms with Crippen LogP contribution in [0.3, 0.4) is 0 Å². The average molecular weight is 254 g/mol. The molecule has 0 spiro atoms. The zero-order valence-corrected chi connectivity index (χ0v) is 10.5. The van der Waals surface area contributed by atoms with Gasteiger partial charge in [-0.2, -0.15) is 0 Å². The number of aryl methyl sites for hydroxylation is 1. The highest BCUT2D eigenvalue weighted by atomic mass is 16.3. The molecule has 0 amide bonds. The van der Waals surface area contributed by atoms with Gasteiger partial charge in [0.25, 0.3) is 0 Å². The second-order valence-electron chi connectivity index (χ2n) is 4.25. The third kappa shape index (κ3) is 2.65. The van der Waals surface area contributed by atoms with Crippen molar-refractivity contribution in [3.63, 3.8) is 0 Å². The zero-order valence-electron chi connectivity index (χ0n) is 10.5. The minimum atomic E-state index is -0.195. The molecule has 0 aliphatic heterocycles. The molecular weight excluding hydrogens is 240 g/mol. The summed E-state index contributed by atoms with van der Waals surface area (Å²) in [5.74, 6) is -0.243. The number of rotatable bonds is 3. The van der Waals surface area contributed by atoms with E-state index >= 15 is 0 Å². The number of benzene rings is 2. The van der Waals surface area contributed by atoms with E-state index in [0.29, 0.717) is 11.8 Å². The first kappa shape index (κ1) is 12.9. The van der Waals surface area contributed by atoms with Gasteiger partial charge in [-0.1, -0.05) is 36.4 Å². The minimum absolute atomic E-state index is 0.0484. The van der Waals surface area contributed by atoms with Crippen LogP contribution < -0.4 is 0 Å². The normalized spacial score (nSPS) is 10.8. The van der Waals surface area contributed by atoms with E-state index in [2.05, 4.69) is 0 Å². The summed E-state index contributed by atoms with van der Waals surface area (Å²) in [6.07, 6.45) is 3.94. The minimum Gasteiger partial charge on any atom is -0.507 e. The number of hydrogen-bond donors (Lipinski definition) is 2. The standard InChI is InChI=1S/C16H14O3/c1-11-9-15(18)13(16(19)14(11)10-17)8-7-12-5-3-2-4-6-12/h2-10,18-19H,1H3. The Labute approximate surface area is 111 Å². The van der Waals surface area contributed by atoms with Gasteiger partial charge in [-0.15, -0.1) is 0 Å². The van der Waals surface area contributed by atoms with Gasteiger partial charge in [0.2, 0.25) is 0 Å². The Morgan fingerprint density at radius 1 is 1.00 bits per heavy atom. The molecule has 3 nitrogen and oxygen atoms in total. The number of aromatic hydroxyl groups is 2. The van der Waals surface area contributed by atoms with Crippen molar-refractivity contribution in [2.75, 3.05) is 0 Å². The highest BCUT2D eigenvalue weighted by Gasteiger charge is 2.12. The molecule has 0 aliphatic carbocycles. The molecule has 2 aromatic rings. The molecule has 19 heavy (non-hydrogen) atoms. The number of phenolic OH excluding ortho intramolecular Hbond substituents is 2. The van der Waals surface area contributed by atoms with E-state index in [1.54, 1.807) is 19.1 Å². The second-order valence-corrected chi connectivity index (χ2v) is 4.25. The van der Waals surface area contributed by atoms with Gasteiger partial charge in [-0.25, -0.2) is 0 Å². The van der Waals surface area contributed by atoms with Gasteiger partial charge in [-0.3, -0.25) is 4.79 Å². The van der Waals surface area contributed by atoms with Crippen LogP contribution in [0.15, 0.2) is 36.4 Å². The van der Waals surface area contributed by atoms with Gasteiger partial charge in [0, 0.05) is 0 Å². The number of aldehydes is 1. The highest BCUT2D eigenvalue weighted by molar-refractivity contribution is 5.87. The molecule has 0 aromatic heterocycles. The van der Waals surface area contributed by atoms with E-state index in [1.165, 1.54) is 6.07 Å². The van der Waals surface area contributed by atoms with Gasteiger partial charge in [0.05, 0.1) is 11.1 Å². The van der Waals surface area contributed by atoms with Crippen molar-refractivity contribution in [3.8, 4) is 11.5 Å². The lowest BCUT2D eigenvalue weighted by atomic mass is 10.0. The summed E-state index contributed by atoms with van der Waals surface area (Å²) >= 11 is 0. The van der Waals surface area contributed by atoms with Gasteiger partial charge < -0.3 is 10.2 Å². The maximum atomic E-state index is 10.9. The van der Waals surface area contributed by atoms with Crippen LogP contribution in [0.4, 0.5) is 0 Å². The molecule has 0 saturated heterocycles. The quantitative estimate of drug-likeness (QED) is 0.652. The number of carbonyl (C=O) groups excluding carboxylic acids is 1. The van der Waals surface area contributed by atoms with Crippen LogP contribution in [0, 0.1) is 6.92 Å². The molecule has 3 heteroatoms. The number of carbonyl (C=O) groups is 1. The lowest BCUT2D eigenvalue weighted by Gasteiger charge is -2.08. The molecule has 96 valence electrons. The molecule has 2 rings (SSSR count). The van der Waals surface area contributed by atoms with E-state index < -0.39 is 0 Å². The fourth-order valence-corrected chi connectivity index (χ4v) is 1.87. The molecule has 0 heterocycles. The van der Waals surface area contributed by atoms with Crippen LogP contribution in [-0.2, 0) is 0 Å². The Balaban J connectivity index is 2.46. The number of hydrogen-bond acceptors (Lipinski definition) is 3. The van der Waals surface area contributed by atoms with Crippen molar-refractivity contribution in [2.24, 2.45) is 0 Å². The first-order chi connectivity index (χ1) is 9.13. The summed E-state index contributed by atoms with van der Waals surface area (Å²) in [5.41, 5.74) is 1.93. The molecule has 0 aliphatic rings. The van der Waals surface area contributed by atoms with E-state index in [0.717, 1.165) is 5.56 Å². The fourth-order valence-electron chi connectivity index (χ4n) is 1.87. The maximum absolute atomic E-state index is 10.9. The molecule has 0 saturated carbocycles. The van der Waals surface area contributed by atoms with E-state index in [1.807, 2.05) is 30.3 Å². The van der Waals surface area contributed by atoms with Crippen molar-refractivity contribution in [2.45, 2.75) is 6.92 Å². The van der Waals surface area contributed by atoms with Crippen molar-refractivity contribution in [3.05, 3.63) is 58.7 Å². The van der Waals surface area contributed by atoms with Crippen molar-refractivity contribution in [1.82, 2.24) is 0 Å². The Morgan fingerprint density at radius 3 is 2.32 bits per heavy atom. The summed E-state index contributed by atoms with van der Waals surface area (Å²) in [4.78, 5) is 10.9. The average Bonchev–Trinajstić information content (AvgIpc) is 2.39. The number of phenols is 2. The van der Waals surface area contributed by atoms with Crippen LogP contribution in [0.1, 0.15) is 27.0 Å². The van der Waals surface area contributed by atoms with Crippen molar-refractivity contribution < 1.29 is 15.0 Å². The van der Waals surface area contributed by atoms with Crippen LogP contribution in [-0.4, -0.2) is 16.5 Å². The van der Waals surface area contributed by atoms with Crippen LogP contribution >= 0.6 is 0 Å².